The first-order chi connectivity index (χ1) is 16.2. The summed E-state index contributed by atoms with van der Waals surface area (Å²) in [6.07, 6.45) is -12.3. The van der Waals surface area contributed by atoms with E-state index < -0.39 is 89.2 Å². The van der Waals surface area contributed by atoms with Gasteiger partial charge in [-0.1, -0.05) is 0 Å². The van der Waals surface area contributed by atoms with Crippen molar-refractivity contribution in [2.75, 3.05) is 13.2 Å². The third kappa shape index (κ3) is 6.91. The van der Waals surface area contributed by atoms with Gasteiger partial charge in [-0.05, 0) is 0 Å². The predicted octanol–water partition coefficient (Wildman–Crippen LogP) is -3.76. The molecule has 0 aromatic carbocycles. The van der Waals surface area contributed by atoms with Crippen LogP contribution in [-0.4, -0.2) is 101 Å². The van der Waals surface area contributed by atoms with Crippen LogP contribution in [0.25, 0.3) is 0 Å². The maximum absolute atomic E-state index is 12.1. The third-order valence-electron chi connectivity index (χ3n) is 5.01. The molecule has 3 heterocycles. The summed E-state index contributed by atoms with van der Waals surface area (Å²) in [6, 6.07) is 1.01. The number of nitrogens with one attached hydrogen (secondary N) is 1. The number of nitrogens with zero attached hydrogens (tertiary/aromatic N) is 1. The molecule has 2 saturated heterocycles. The minimum atomic E-state index is -5.51. The van der Waals surface area contributed by atoms with Crippen LogP contribution in [0.15, 0.2) is 21.9 Å². The van der Waals surface area contributed by atoms with Crippen LogP contribution in [0.5, 0.6) is 0 Å². The molecule has 0 radical (unpaired) electrons. The Bertz CT molecular complexity index is 1090. The zero-order chi connectivity index (χ0) is 26.1. The lowest BCUT2D eigenvalue weighted by Gasteiger charge is -2.39. The quantitative estimate of drug-likeness (QED) is 0.137. The van der Waals surface area contributed by atoms with Crippen molar-refractivity contribution in [3.63, 3.8) is 0 Å². The lowest BCUT2D eigenvalue weighted by molar-refractivity contribution is -0.280. The summed E-state index contributed by atoms with van der Waals surface area (Å²) in [5.41, 5.74) is -1.57. The number of aromatic nitrogens is 2. The van der Waals surface area contributed by atoms with Crippen LogP contribution >= 0.6 is 15.6 Å². The number of aromatic amines is 1. The van der Waals surface area contributed by atoms with Gasteiger partial charge in [0.25, 0.3) is 5.56 Å². The number of aliphatic hydroxyl groups excluding tert-OH is 5. The maximum Gasteiger partial charge on any atom is 0.483 e. The molecule has 1 aromatic rings. The molecule has 2 fully saturated rings. The van der Waals surface area contributed by atoms with Gasteiger partial charge in [0.1, 0.15) is 30.5 Å². The van der Waals surface area contributed by atoms with Crippen LogP contribution in [0, 0.1) is 0 Å². The first kappa shape index (κ1) is 28.2. The molecular formula is C15H24N2O16P2. The summed E-state index contributed by atoms with van der Waals surface area (Å²) >= 11 is 0. The molecular weight excluding hydrogens is 526 g/mol. The van der Waals surface area contributed by atoms with Crippen molar-refractivity contribution in [1.29, 1.82) is 0 Å². The molecule has 0 saturated carbocycles. The van der Waals surface area contributed by atoms with E-state index in [0.717, 1.165) is 16.8 Å². The predicted molar refractivity (Wildman–Crippen MR) is 107 cm³/mol. The summed E-state index contributed by atoms with van der Waals surface area (Å²) in [7, 11) is -10.9. The Kier molecular flexibility index (Phi) is 8.84. The van der Waals surface area contributed by atoms with E-state index >= 15 is 0 Å². The average Bonchev–Trinajstić information content (AvgIpc) is 3.12. The number of phosphoric acid groups is 2. The van der Waals surface area contributed by atoms with Crippen LogP contribution in [0.3, 0.4) is 0 Å². The van der Waals surface area contributed by atoms with Crippen LogP contribution in [0.1, 0.15) is 12.6 Å². The number of ether oxygens (including phenoxy) is 2. The smallest absolute Gasteiger partial charge is 0.394 e. The standard InChI is InChI=1S/C15H24N2O16P2/c18-4-8-10(21)11(22)12(23)14(31-8)32-35(27,28)33-34(25,26)29-5-6-3-7(19)13(30-6)17-2-1-9(20)16-15(17)24/h1-2,6-8,10-14,18-19,21-23H,3-5H2,(H,25,26)(H,27,28)(H,16,20,24)/t6-,7+,8+,10+,11-,12+,13+,14+/m0/s1. The second-order valence-corrected chi connectivity index (χ2v) is 10.6. The van der Waals surface area contributed by atoms with Gasteiger partial charge >= 0.3 is 21.3 Å². The highest BCUT2D eigenvalue weighted by Crippen LogP contribution is 2.61. The summed E-state index contributed by atoms with van der Waals surface area (Å²) in [4.78, 5) is 44.5. The van der Waals surface area contributed by atoms with Crippen LogP contribution in [-0.2, 0) is 32.0 Å². The second-order valence-electron chi connectivity index (χ2n) is 7.59. The van der Waals surface area contributed by atoms with Gasteiger partial charge in [0, 0.05) is 18.7 Å². The van der Waals surface area contributed by atoms with Gasteiger partial charge in [-0.25, -0.2) is 13.9 Å². The van der Waals surface area contributed by atoms with Gasteiger partial charge in [-0.2, -0.15) is 4.31 Å². The van der Waals surface area contributed by atoms with Gasteiger partial charge in [0.15, 0.2) is 12.5 Å². The van der Waals surface area contributed by atoms with Gasteiger partial charge in [-0.15, -0.1) is 0 Å². The van der Waals surface area contributed by atoms with Crippen LogP contribution in [0.4, 0.5) is 0 Å². The fourth-order valence-corrected chi connectivity index (χ4v) is 5.53. The lowest BCUT2D eigenvalue weighted by Crippen LogP contribution is -2.58. The molecule has 8 N–H and O–H groups in total. The largest absolute Gasteiger partial charge is 0.483 e. The van der Waals surface area contributed by atoms with Crippen molar-refractivity contribution >= 4 is 15.6 Å². The minimum Gasteiger partial charge on any atom is -0.394 e. The molecule has 200 valence electrons. The highest BCUT2D eigenvalue weighted by atomic mass is 31.3. The van der Waals surface area contributed by atoms with E-state index in [1.54, 1.807) is 0 Å². The van der Waals surface area contributed by atoms with E-state index in [-0.39, 0.29) is 6.42 Å². The van der Waals surface area contributed by atoms with Crippen molar-refractivity contribution in [3.8, 4) is 0 Å². The Morgan fingerprint density at radius 1 is 1.06 bits per heavy atom. The van der Waals surface area contributed by atoms with Gasteiger partial charge in [0.05, 0.1) is 19.3 Å². The molecule has 2 aliphatic heterocycles. The van der Waals surface area contributed by atoms with Crippen LogP contribution < -0.4 is 11.2 Å². The Labute approximate surface area is 195 Å². The highest BCUT2D eigenvalue weighted by molar-refractivity contribution is 7.61. The first-order valence-electron chi connectivity index (χ1n) is 9.88. The van der Waals surface area contributed by atoms with Crippen molar-refractivity contribution < 1.29 is 67.3 Å². The lowest BCUT2D eigenvalue weighted by atomic mass is 10.00. The second kappa shape index (κ2) is 11.0. The van der Waals surface area contributed by atoms with E-state index in [4.69, 9.17) is 14.6 Å². The van der Waals surface area contributed by atoms with Crippen molar-refractivity contribution in [2.45, 2.75) is 55.6 Å². The zero-order valence-corrected chi connectivity index (χ0v) is 19.3. The molecule has 35 heavy (non-hydrogen) atoms. The van der Waals surface area contributed by atoms with Gasteiger partial charge in [-0.3, -0.25) is 23.4 Å². The number of H-pyrrole nitrogens is 1. The van der Waals surface area contributed by atoms with Crippen molar-refractivity contribution in [3.05, 3.63) is 33.1 Å². The number of aliphatic hydroxyl groups is 5. The Hall–Kier alpha value is -1.34. The molecule has 2 unspecified atom stereocenters. The normalized spacial score (nSPS) is 37.0. The van der Waals surface area contributed by atoms with E-state index in [0.29, 0.717) is 0 Å². The van der Waals surface area contributed by atoms with Crippen molar-refractivity contribution in [1.82, 2.24) is 9.55 Å². The molecule has 10 atom stereocenters. The molecule has 0 spiro atoms. The summed E-state index contributed by atoms with van der Waals surface area (Å²) in [5, 5.41) is 48.4. The third-order valence-corrected chi connectivity index (χ3v) is 7.61. The van der Waals surface area contributed by atoms with E-state index in [2.05, 4.69) is 13.4 Å². The first-order valence-corrected chi connectivity index (χ1v) is 12.9. The zero-order valence-electron chi connectivity index (χ0n) is 17.5. The molecule has 0 aliphatic carbocycles. The average molecular weight is 550 g/mol. The van der Waals surface area contributed by atoms with E-state index in [9.17, 15) is 48.9 Å². The Morgan fingerprint density at radius 3 is 2.37 bits per heavy atom. The molecule has 20 heteroatoms. The molecule has 1 aromatic heterocycles. The van der Waals surface area contributed by atoms with Gasteiger partial charge in [0.2, 0.25) is 0 Å². The maximum atomic E-state index is 12.1. The summed E-state index contributed by atoms with van der Waals surface area (Å²) < 4.78 is 48.5. The van der Waals surface area contributed by atoms with Crippen molar-refractivity contribution in [2.24, 2.45) is 0 Å². The Morgan fingerprint density at radius 2 is 1.74 bits per heavy atom. The number of phosphoric ester groups is 2. The van der Waals surface area contributed by atoms with Gasteiger partial charge < -0.3 is 44.8 Å². The molecule has 0 amide bonds. The monoisotopic (exact) mass is 550 g/mol. The SMILES string of the molecule is O=c1ccn([C@@H]2O[C@H](COP(=O)(O)OP(=O)(O)O[C@H]3O[C@H](CO)[C@@H](O)[C@H](O)[C@H]3O)C[C@H]2O)c(=O)[nH]1. The molecule has 2 aliphatic rings. The highest BCUT2D eigenvalue weighted by Gasteiger charge is 2.48. The Balaban J connectivity index is 1.57. The number of hydrogen-bond donors (Lipinski definition) is 8. The number of hydrogen-bond acceptors (Lipinski definition) is 14. The van der Waals surface area contributed by atoms with E-state index in [1.807, 2.05) is 4.98 Å². The summed E-state index contributed by atoms with van der Waals surface area (Å²) in [6.45, 7) is -1.64. The van der Waals surface area contributed by atoms with Crippen LogP contribution in [0.2, 0.25) is 0 Å². The molecule has 18 nitrogen and oxygen atoms in total. The number of rotatable bonds is 9. The molecule has 3 rings (SSSR count). The topological polar surface area (TPSA) is 277 Å². The summed E-state index contributed by atoms with van der Waals surface area (Å²) in [5.74, 6) is 0. The van der Waals surface area contributed by atoms with E-state index in [1.165, 1.54) is 0 Å². The minimum absolute atomic E-state index is 0.200. The molecule has 0 bridgehead atoms. The fourth-order valence-electron chi connectivity index (χ4n) is 3.35. The fraction of sp³-hybridized carbons (Fsp3) is 0.733.